The van der Waals surface area contributed by atoms with E-state index in [0.717, 1.165) is 6.42 Å². The van der Waals surface area contributed by atoms with Crippen LogP contribution in [0.5, 0.6) is 0 Å². The van der Waals surface area contributed by atoms with Gasteiger partial charge in [-0.3, -0.25) is 0 Å². The highest BCUT2D eigenvalue weighted by molar-refractivity contribution is 5.07. The largest absolute Gasteiger partial charge is 0.393 e. The van der Waals surface area contributed by atoms with E-state index >= 15 is 0 Å². The van der Waals surface area contributed by atoms with Crippen molar-refractivity contribution < 1.29 is 5.11 Å². The van der Waals surface area contributed by atoms with E-state index in [2.05, 4.69) is 41.5 Å². The van der Waals surface area contributed by atoms with Gasteiger partial charge in [0.25, 0.3) is 0 Å². The minimum absolute atomic E-state index is 0.0382. The van der Waals surface area contributed by atoms with E-state index in [4.69, 9.17) is 0 Å². The van der Waals surface area contributed by atoms with Crippen molar-refractivity contribution in [2.45, 2.75) is 54.1 Å². The third kappa shape index (κ3) is 0.953. The Morgan fingerprint density at radius 1 is 1.00 bits per heavy atom. The van der Waals surface area contributed by atoms with Gasteiger partial charge in [-0.1, -0.05) is 41.5 Å². The van der Waals surface area contributed by atoms with E-state index in [1.807, 2.05) is 0 Å². The number of aliphatic hydroxyl groups excluding tert-OH is 1. The van der Waals surface area contributed by atoms with Crippen LogP contribution in [0.3, 0.4) is 0 Å². The van der Waals surface area contributed by atoms with Crippen molar-refractivity contribution in [2.24, 2.45) is 16.2 Å². The van der Waals surface area contributed by atoms with Gasteiger partial charge in [0.15, 0.2) is 0 Å². The Hall–Kier alpha value is -0.0400. The Labute approximate surface area is 76.2 Å². The van der Waals surface area contributed by atoms with Crippen LogP contribution in [0.4, 0.5) is 0 Å². The maximum Gasteiger partial charge on any atom is 0.0601 e. The van der Waals surface area contributed by atoms with E-state index in [1.54, 1.807) is 0 Å². The number of hydrogen-bond donors (Lipinski definition) is 1. The molecule has 1 fully saturated rings. The van der Waals surface area contributed by atoms with Gasteiger partial charge in [0, 0.05) is 0 Å². The van der Waals surface area contributed by atoms with Gasteiger partial charge in [-0.25, -0.2) is 0 Å². The molecule has 1 aliphatic carbocycles. The van der Waals surface area contributed by atoms with Crippen LogP contribution in [-0.2, 0) is 0 Å². The summed E-state index contributed by atoms with van der Waals surface area (Å²) in [5.41, 5.74) is 0.492. The molecule has 0 saturated heterocycles. The Bertz CT molecular complexity index is 189. The second-order valence-corrected chi connectivity index (χ2v) is 5.95. The van der Waals surface area contributed by atoms with E-state index < -0.39 is 0 Å². The molecule has 72 valence electrons. The van der Waals surface area contributed by atoms with Gasteiger partial charge < -0.3 is 5.11 Å². The smallest absolute Gasteiger partial charge is 0.0601 e. The highest BCUT2D eigenvalue weighted by Gasteiger charge is 2.58. The predicted octanol–water partition coefficient (Wildman–Crippen LogP) is 2.83. The molecule has 1 N–H and O–H groups in total. The van der Waals surface area contributed by atoms with Crippen molar-refractivity contribution in [3.63, 3.8) is 0 Å². The Kier molecular flexibility index (Phi) is 1.89. The molecule has 1 saturated carbocycles. The first-order valence-electron chi connectivity index (χ1n) is 4.81. The molecule has 1 heteroatoms. The van der Waals surface area contributed by atoms with Gasteiger partial charge >= 0.3 is 0 Å². The highest BCUT2D eigenvalue weighted by atomic mass is 16.3. The molecule has 1 atom stereocenters. The summed E-state index contributed by atoms with van der Waals surface area (Å²) in [5.74, 6) is 0. The lowest BCUT2D eigenvalue weighted by Gasteiger charge is -2.44. The SMILES string of the molecule is CC1(C)CC(O)C(C)(C)C1(C)C. The van der Waals surface area contributed by atoms with Crippen molar-refractivity contribution in [1.82, 2.24) is 0 Å². The zero-order chi connectivity index (χ0) is 9.78. The van der Waals surface area contributed by atoms with Crippen molar-refractivity contribution in [1.29, 1.82) is 0 Å². The minimum Gasteiger partial charge on any atom is -0.393 e. The summed E-state index contributed by atoms with van der Waals surface area (Å²) in [7, 11) is 0. The van der Waals surface area contributed by atoms with E-state index in [9.17, 15) is 5.11 Å². The summed E-state index contributed by atoms with van der Waals surface area (Å²) in [4.78, 5) is 0. The van der Waals surface area contributed by atoms with Crippen LogP contribution >= 0.6 is 0 Å². The maximum absolute atomic E-state index is 9.93. The van der Waals surface area contributed by atoms with Gasteiger partial charge in [0.05, 0.1) is 6.10 Å². The molecule has 1 unspecified atom stereocenters. The Morgan fingerprint density at radius 3 is 1.50 bits per heavy atom. The third-order valence-corrected chi connectivity index (χ3v) is 4.84. The number of hydrogen-bond acceptors (Lipinski definition) is 1. The zero-order valence-electron chi connectivity index (χ0n) is 9.23. The first-order valence-corrected chi connectivity index (χ1v) is 4.81. The van der Waals surface area contributed by atoms with Crippen molar-refractivity contribution >= 4 is 0 Å². The Morgan fingerprint density at radius 2 is 1.42 bits per heavy atom. The molecule has 12 heavy (non-hydrogen) atoms. The molecule has 0 heterocycles. The van der Waals surface area contributed by atoms with Crippen LogP contribution in [-0.4, -0.2) is 11.2 Å². The van der Waals surface area contributed by atoms with Gasteiger partial charge in [-0.2, -0.15) is 0 Å². The molecule has 1 nitrogen and oxygen atoms in total. The van der Waals surface area contributed by atoms with Gasteiger partial charge in [0.1, 0.15) is 0 Å². The summed E-state index contributed by atoms with van der Waals surface area (Å²) in [6, 6.07) is 0. The average Bonchev–Trinajstić information content (AvgIpc) is 1.92. The lowest BCUT2D eigenvalue weighted by Crippen LogP contribution is -2.39. The van der Waals surface area contributed by atoms with Gasteiger partial charge in [-0.05, 0) is 22.7 Å². The maximum atomic E-state index is 9.93. The normalized spacial score (nSPS) is 36.8. The molecule has 0 aromatic carbocycles. The molecule has 0 spiro atoms. The quantitative estimate of drug-likeness (QED) is 0.592. The fourth-order valence-electron chi connectivity index (χ4n) is 2.28. The molecule has 0 radical (unpaired) electrons. The van der Waals surface area contributed by atoms with Crippen LogP contribution in [0.25, 0.3) is 0 Å². The third-order valence-electron chi connectivity index (χ3n) is 4.84. The van der Waals surface area contributed by atoms with Crippen molar-refractivity contribution in [3.05, 3.63) is 0 Å². The first-order chi connectivity index (χ1) is 5.13. The standard InChI is InChI=1S/C11H22O/c1-9(2)7-8(12)10(3,4)11(9,5)6/h8,12H,7H2,1-6H3. The lowest BCUT2D eigenvalue weighted by molar-refractivity contribution is -0.000720. The van der Waals surface area contributed by atoms with Crippen LogP contribution in [0.2, 0.25) is 0 Å². The molecule has 0 aliphatic heterocycles. The van der Waals surface area contributed by atoms with Crippen LogP contribution in [0.15, 0.2) is 0 Å². The summed E-state index contributed by atoms with van der Waals surface area (Å²) < 4.78 is 0. The van der Waals surface area contributed by atoms with E-state index in [-0.39, 0.29) is 22.3 Å². The van der Waals surface area contributed by atoms with E-state index in [1.165, 1.54) is 0 Å². The second-order valence-electron chi connectivity index (χ2n) is 5.95. The lowest BCUT2D eigenvalue weighted by atomic mass is 9.61. The molecule has 1 rings (SSSR count). The summed E-state index contributed by atoms with van der Waals surface area (Å²) >= 11 is 0. The first kappa shape index (κ1) is 10.0. The molecular weight excluding hydrogens is 148 g/mol. The number of aliphatic hydroxyl groups is 1. The summed E-state index contributed by atoms with van der Waals surface area (Å²) in [5, 5.41) is 9.93. The monoisotopic (exact) mass is 170 g/mol. The zero-order valence-corrected chi connectivity index (χ0v) is 9.23. The number of rotatable bonds is 0. The molecule has 0 amide bonds. The molecular formula is C11H22O. The Balaban J connectivity index is 3.10. The minimum atomic E-state index is -0.150. The summed E-state index contributed by atoms with van der Waals surface area (Å²) in [6.45, 7) is 13.4. The molecule has 0 aromatic rings. The fourth-order valence-corrected chi connectivity index (χ4v) is 2.28. The molecule has 0 bridgehead atoms. The summed E-state index contributed by atoms with van der Waals surface area (Å²) in [6.07, 6.45) is 0.773. The van der Waals surface area contributed by atoms with Crippen LogP contribution in [0.1, 0.15) is 48.0 Å². The topological polar surface area (TPSA) is 20.2 Å². The van der Waals surface area contributed by atoms with E-state index in [0.29, 0.717) is 0 Å². The molecule has 1 aliphatic rings. The van der Waals surface area contributed by atoms with Crippen molar-refractivity contribution in [2.75, 3.05) is 0 Å². The van der Waals surface area contributed by atoms with Crippen LogP contribution < -0.4 is 0 Å². The van der Waals surface area contributed by atoms with Gasteiger partial charge in [-0.15, -0.1) is 0 Å². The fraction of sp³-hybridized carbons (Fsp3) is 1.00. The second kappa shape index (κ2) is 2.25. The van der Waals surface area contributed by atoms with Gasteiger partial charge in [0.2, 0.25) is 0 Å². The highest BCUT2D eigenvalue weighted by Crippen LogP contribution is 2.61. The average molecular weight is 170 g/mol. The predicted molar refractivity (Wildman–Crippen MR) is 52.0 cm³/mol. The molecule has 0 aromatic heterocycles. The van der Waals surface area contributed by atoms with Crippen molar-refractivity contribution in [3.8, 4) is 0 Å². The van der Waals surface area contributed by atoms with Crippen LogP contribution in [0, 0.1) is 16.2 Å².